The third-order valence-corrected chi connectivity index (χ3v) is 2.34. The zero-order chi connectivity index (χ0) is 9.30. The van der Waals surface area contributed by atoms with Crippen molar-refractivity contribution in [2.75, 3.05) is 0 Å². The number of hydrogen-bond donors (Lipinski definition) is 0. The van der Waals surface area contributed by atoms with Crippen LogP contribution in [0.4, 0.5) is 4.39 Å². The van der Waals surface area contributed by atoms with Gasteiger partial charge in [0, 0.05) is 17.5 Å². The first kappa shape index (κ1) is 9.65. The highest BCUT2D eigenvalue weighted by atomic mass is 79.9. The van der Waals surface area contributed by atoms with Gasteiger partial charge in [0.2, 0.25) is 0 Å². The number of rotatable bonds is 1. The van der Waals surface area contributed by atoms with Crippen LogP contribution in [0.25, 0.3) is 0 Å². The van der Waals surface area contributed by atoms with Crippen molar-refractivity contribution in [3.05, 3.63) is 27.7 Å². The van der Waals surface area contributed by atoms with E-state index in [0.717, 1.165) is 5.69 Å². The van der Waals surface area contributed by atoms with Gasteiger partial charge < -0.3 is 0 Å². The van der Waals surface area contributed by atoms with Gasteiger partial charge in [0.05, 0.1) is 4.47 Å². The van der Waals surface area contributed by atoms with Crippen LogP contribution in [0.3, 0.4) is 0 Å². The second kappa shape index (κ2) is 3.52. The molecule has 0 aromatic carbocycles. The molecule has 0 fully saturated rings. The minimum absolute atomic E-state index is 0.176. The van der Waals surface area contributed by atoms with Crippen LogP contribution in [0.15, 0.2) is 10.7 Å². The van der Waals surface area contributed by atoms with Crippen LogP contribution >= 0.6 is 15.9 Å². The van der Waals surface area contributed by atoms with Crippen LogP contribution in [0.5, 0.6) is 0 Å². The van der Waals surface area contributed by atoms with E-state index in [1.165, 1.54) is 6.20 Å². The van der Waals surface area contributed by atoms with E-state index in [2.05, 4.69) is 20.9 Å². The molecular weight excluding hydrogens is 221 g/mol. The van der Waals surface area contributed by atoms with E-state index >= 15 is 0 Å². The smallest absolute Gasteiger partial charge is 0.144 e. The van der Waals surface area contributed by atoms with Crippen molar-refractivity contribution in [1.82, 2.24) is 4.98 Å². The Morgan fingerprint density at radius 3 is 2.50 bits per heavy atom. The first-order valence-electron chi connectivity index (χ1n) is 3.84. The van der Waals surface area contributed by atoms with Crippen molar-refractivity contribution in [1.29, 1.82) is 0 Å². The summed E-state index contributed by atoms with van der Waals surface area (Å²) in [4.78, 5) is 4.07. The molecule has 3 heteroatoms. The molecule has 0 saturated carbocycles. The summed E-state index contributed by atoms with van der Waals surface area (Å²) in [6.07, 6.45) is 1.50. The lowest BCUT2D eigenvalue weighted by atomic mass is 10.0. The molecule has 0 aliphatic carbocycles. The van der Waals surface area contributed by atoms with Crippen LogP contribution in [-0.4, -0.2) is 4.98 Å². The van der Waals surface area contributed by atoms with Crippen LogP contribution in [-0.2, 0) is 0 Å². The Labute approximate surface area is 80.1 Å². The van der Waals surface area contributed by atoms with Crippen LogP contribution in [0.1, 0.15) is 31.0 Å². The Hall–Kier alpha value is -0.440. The van der Waals surface area contributed by atoms with Gasteiger partial charge in [-0.25, -0.2) is 4.39 Å². The topological polar surface area (TPSA) is 12.9 Å². The number of aromatic nitrogens is 1. The Bertz CT molecular complexity index is 297. The van der Waals surface area contributed by atoms with Gasteiger partial charge in [-0.15, -0.1) is 0 Å². The highest BCUT2D eigenvalue weighted by Crippen LogP contribution is 2.25. The van der Waals surface area contributed by atoms with Crippen LogP contribution in [0, 0.1) is 12.7 Å². The van der Waals surface area contributed by atoms with Gasteiger partial charge in [-0.05, 0) is 28.8 Å². The fourth-order valence-corrected chi connectivity index (χ4v) is 1.55. The molecule has 0 bridgehead atoms. The fraction of sp³-hybridized carbons (Fsp3) is 0.444. The molecule has 0 N–H and O–H groups in total. The average molecular weight is 232 g/mol. The quantitative estimate of drug-likeness (QED) is 0.722. The van der Waals surface area contributed by atoms with Crippen LogP contribution in [0.2, 0.25) is 0 Å². The fourth-order valence-electron chi connectivity index (χ4n) is 1.24. The molecule has 0 unspecified atom stereocenters. The molecule has 1 nitrogen and oxygen atoms in total. The Kier molecular flexibility index (Phi) is 2.83. The van der Waals surface area contributed by atoms with E-state index < -0.39 is 0 Å². The Morgan fingerprint density at radius 1 is 1.50 bits per heavy atom. The number of hydrogen-bond acceptors (Lipinski definition) is 1. The lowest BCUT2D eigenvalue weighted by Gasteiger charge is -2.10. The van der Waals surface area contributed by atoms with Gasteiger partial charge in [-0.1, -0.05) is 13.8 Å². The van der Waals surface area contributed by atoms with Crippen molar-refractivity contribution in [2.24, 2.45) is 0 Å². The minimum Gasteiger partial charge on any atom is -0.260 e. The van der Waals surface area contributed by atoms with Crippen molar-refractivity contribution in [3.63, 3.8) is 0 Å². The summed E-state index contributed by atoms with van der Waals surface area (Å²) in [5.41, 5.74) is 1.47. The first-order chi connectivity index (χ1) is 5.54. The molecule has 0 atom stereocenters. The average Bonchev–Trinajstić information content (AvgIpc) is 1.97. The van der Waals surface area contributed by atoms with E-state index in [1.807, 2.05) is 20.8 Å². The molecule has 0 spiro atoms. The predicted octanol–water partition coefficient (Wildman–Crippen LogP) is 3.42. The Balaban J connectivity index is 3.33. The molecule has 1 aromatic heterocycles. The SMILES string of the molecule is Cc1ncc(Br)c(F)c1C(C)C. The molecule has 1 rings (SSSR count). The van der Waals surface area contributed by atoms with Gasteiger partial charge in [0.1, 0.15) is 5.82 Å². The van der Waals surface area contributed by atoms with Crippen molar-refractivity contribution >= 4 is 15.9 Å². The molecule has 1 heterocycles. The normalized spacial score (nSPS) is 10.8. The zero-order valence-electron chi connectivity index (χ0n) is 7.36. The molecule has 1 aromatic rings. The monoisotopic (exact) mass is 231 g/mol. The Morgan fingerprint density at radius 2 is 2.08 bits per heavy atom. The predicted molar refractivity (Wildman–Crippen MR) is 50.7 cm³/mol. The minimum atomic E-state index is -0.183. The lowest BCUT2D eigenvalue weighted by molar-refractivity contribution is 0.585. The molecule has 66 valence electrons. The van der Waals surface area contributed by atoms with Gasteiger partial charge in [-0.2, -0.15) is 0 Å². The summed E-state index contributed by atoms with van der Waals surface area (Å²) in [6.45, 7) is 5.74. The summed E-state index contributed by atoms with van der Waals surface area (Å²) >= 11 is 3.11. The molecule has 0 aliphatic heterocycles. The van der Waals surface area contributed by atoms with E-state index in [0.29, 0.717) is 10.0 Å². The van der Waals surface area contributed by atoms with E-state index in [9.17, 15) is 4.39 Å². The van der Waals surface area contributed by atoms with Gasteiger partial charge >= 0.3 is 0 Å². The van der Waals surface area contributed by atoms with E-state index in [1.54, 1.807) is 0 Å². The molecule has 12 heavy (non-hydrogen) atoms. The third-order valence-electron chi connectivity index (χ3n) is 1.78. The maximum Gasteiger partial charge on any atom is 0.144 e. The summed E-state index contributed by atoms with van der Waals surface area (Å²) in [6, 6.07) is 0. The van der Waals surface area contributed by atoms with Crippen LogP contribution < -0.4 is 0 Å². The van der Waals surface area contributed by atoms with E-state index in [4.69, 9.17) is 0 Å². The molecule has 0 amide bonds. The van der Waals surface area contributed by atoms with Crippen molar-refractivity contribution in [2.45, 2.75) is 26.7 Å². The second-order valence-corrected chi connectivity index (χ2v) is 3.93. The number of aryl methyl sites for hydroxylation is 1. The summed E-state index contributed by atoms with van der Waals surface area (Å²) < 4.78 is 13.9. The highest BCUT2D eigenvalue weighted by molar-refractivity contribution is 9.10. The largest absolute Gasteiger partial charge is 0.260 e. The second-order valence-electron chi connectivity index (χ2n) is 3.07. The van der Waals surface area contributed by atoms with Crippen molar-refractivity contribution < 1.29 is 4.39 Å². The van der Waals surface area contributed by atoms with Crippen molar-refractivity contribution in [3.8, 4) is 0 Å². The number of nitrogens with zero attached hydrogens (tertiary/aromatic N) is 1. The maximum absolute atomic E-state index is 13.4. The summed E-state index contributed by atoms with van der Waals surface area (Å²) in [5, 5.41) is 0. The zero-order valence-corrected chi connectivity index (χ0v) is 8.94. The lowest BCUT2D eigenvalue weighted by Crippen LogP contribution is -2.00. The highest BCUT2D eigenvalue weighted by Gasteiger charge is 2.13. The molecule has 0 radical (unpaired) electrons. The maximum atomic E-state index is 13.4. The standard InChI is InChI=1S/C9H11BrFN/c1-5(2)8-6(3)12-4-7(10)9(8)11/h4-5H,1-3H3. The number of halogens is 2. The van der Waals surface area contributed by atoms with Gasteiger partial charge in [0.15, 0.2) is 0 Å². The summed E-state index contributed by atoms with van der Waals surface area (Å²) in [5.74, 6) is -0.00694. The first-order valence-corrected chi connectivity index (χ1v) is 4.63. The summed E-state index contributed by atoms with van der Waals surface area (Å²) in [7, 11) is 0. The number of pyridine rings is 1. The van der Waals surface area contributed by atoms with E-state index in [-0.39, 0.29) is 11.7 Å². The van der Waals surface area contributed by atoms with Gasteiger partial charge in [0.25, 0.3) is 0 Å². The molecule has 0 aliphatic rings. The van der Waals surface area contributed by atoms with Gasteiger partial charge in [-0.3, -0.25) is 4.98 Å². The molecular formula is C9H11BrFN. The molecule has 0 saturated heterocycles. The third kappa shape index (κ3) is 1.66.